The first-order valence-electron chi connectivity index (χ1n) is 12.1. The number of furan rings is 1. The van der Waals surface area contributed by atoms with Gasteiger partial charge in [-0.05, 0) is 44.2 Å². The van der Waals surface area contributed by atoms with Gasteiger partial charge in [0.05, 0.1) is 11.1 Å². The molecule has 0 aliphatic rings. The largest absolute Gasteiger partial charge is 0.507 e. The van der Waals surface area contributed by atoms with E-state index >= 15 is 0 Å². The second-order valence-corrected chi connectivity index (χ2v) is 9.22. The molecule has 9 nitrogen and oxygen atoms in total. The van der Waals surface area contributed by atoms with Crippen molar-refractivity contribution in [2.75, 3.05) is 18.0 Å². The lowest BCUT2D eigenvalue weighted by Gasteiger charge is -2.21. The number of anilines is 1. The van der Waals surface area contributed by atoms with Gasteiger partial charge in [0.15, 0.2) is 5.76 Å². The van der Waals surface area contributed by atoms with Crippen LogP contribution in [0.1, 0.15) is 19.4 Å². The van der Waals surface area contributed by atoms with Crippen LogP contribution in [0.4, 0.5) is 17.1 Å². The van der Waals surface area contributed by atoms with Crippen molar-refractivity contribution >= 4 is 45.6 Å². The van der Waals surface area contributed by atoms with Crippen molar-refractivity contribution in [2.24, 2.45) is 10.1 Å². The third-order valence-electron chi connectivity index (χ3n) is 6.11. The Kier molecular flexibility index (Phi) is 7.05. The van der Waals surface area contributed by atoms with E-state index in [0.717, 1.165) is 29.7 Å². The maximum absolute atomic E-state index is 11.6. The molecule has 5 aromatic rings. The molecule has 2 aromatic heterocycles. The molecule has 0 bridgehead atoms. The number of nitro groups is 1. The lowest BCUT2D eigenvalue weighted by atomic mass is 10.2. The molecule has 0 fully saturated rings. The Hall–Kier alpha value is -4.70. The predicted octanol–water partition coefficient (Wildman–Crippen LogP) is 6.54. The highest BCUT2D eigenvalue weighted by atomic mass is 32.1. The molecule has 5 rings (SSSR count). The van der Waals surface area contributed by atoms with Crippen LogP contribution < -0.4 is 9.70 Å². The van der Waals surface area contributed by atoms with Crippen LogP contribution in [0.2, 0.25) is 0 Å². The summed E-state index contributed by atoms with van der Waals surface area (Å²) in [6.45, 7) is 5.77. The molecular weight excluding hydrogens is 502 g/mol. The molecule has 38 heavy (non-hydrogen) atoms. The van der Waals surface area contributed by atoms with Gasteiger partial charge >= 0.3 is 0 Å². The van der Waals surface area contributed by atoms with Crippen LogP contribution in [0.25, 0.3) is 22.4 Å². The van der Waals surface area contributed by atoms with Crippen LogP contribution in [0, 0.1) is 10.1 Å². The molecule has 0 amide bonds. The van der Waals surface area contributed by atoms with Crippen LogP contribution in [0.3, 0.4) is 0 Å². The molecule has 0 radical (unpaired) electrons. The minimum atomic E-state index is -0.463. The number of benzene rings is 3. The van der Waals surface area contributed by atoms with Gasteiger partial charge in [0.25, 0.3) is 5.69 Å². The zero-order chi connectivity index (χ0) is 26.6. The molecule has 0 aliphatic heterocycles. The molecule has 0 aliphatic carbocycles. The summed E-state index contributed by atoms with van der Waals surface area (Å²) >= 11 is 1.28. The van der Waals surface area contributed by atoms with Gasteiger partial charge in [-0.3, -0.25) is 10.1 Å². The first-order chi connectivity index (χ1) is 18.5. The summed E-state index contributed by atoms with van der Waals surface area (Å²) in [5.41, 5.74) is 2.90. The van der Waals surface area contributed by atoms with E-state index in [1.54, 1.807) is 41.2 Å². The highest BCUT2D eigenvalue weighted by Crippen LogP contribution is 2.30. The first-order valence-corrected chi connectivity index (χ1v) is 13.0. The summed E-state index contributed by atoms with van der Waals surface area (Å²) in [6.07, 6.45) is 1.54. The SMILES string of the molecule is CCN(CC)c1ccc(C=Nn2c(-c3cc4ccccc4o3)csc2=Nc2ccccc2[N+](=O)[O-])c(O)c1. The Bertz CT molecular complexity index is 1680. The van der Waals surface area contributed by atoms with E-state index in [1.165, 1.54) is 17.4 Å². The molecule has 0 spiro atoms. The molecule has 10 heteroatoms. The Labute approximate surface area is 222 Å². The number of hydrogen-bond donors (Lipinski definition) is 1. The van der Waals surface area contributed by atoms with Crippen LogP contribution in [0.15, 0.2) is 92.7 Å². The normalized spacial score (nSPS) is 12.0. The summed E-state index contributed by atoms with van der Waals surface area (Å²) in [7, 11) is 0. The Morgan fingerprint density at radius 3 is 2.58 bits per heavy atom. The molecular formula is C28H25N5O4S. The van der Waals surface area contributed by atoms with Crippen LogP contribution in [0.5, 0.6) is 5.75 Å². The van der Waals surface area contributed by atoms with Gasteiger partial charge in [-0.15, -0.1) is 11.3 Å². The summed E-state index contributed by atoms with van der Waals surface area (Å²) < 4.78 is 7.64. The monoisotopic (exact) mass is 527 g/mol. The van der Waals surface area contributed by atoms with Crippen molar-refractivity contribution in [3.63, 3.8) is 0 Å². The van der Waals surface area contributed by atoms with E-state index in [9.17, 15) is 15.2 Å². The molecule has 0 unspecified atom stereocenters. The average molecular weight is 528 g/mol. The van der Waals surface area contributed by atoms with E-state index in [2.05, 4.69) is 28.8 Å². The van der Waals surface area contributed by atoms with Crippen molar-refractivity contribution < 1.29 is 14.4 Å². The number of nitro benzene ring substituents is 1. The maximum atomic E-state index is 11.6. The Balaban J connectivity index is 1.63. The Morgan fingerprint density at radius 1 is 1.08 bits per heavy atom. The fourth-order valence-corrected chi connectivity index (χ4v) is 4.96. The quantitative estimate of drug-likeness (QED) is 0.140. The van der Waals surface area contributed by atoms with Gasteiger partial charge in [0.2, 0.25) is 4.80 Å². The van der Waals surface area contributed by atoms with Crippen molar-refractivity contribution in [1.82, 2.24) is 4.68 Å². The van der Waals surface area contributed by atoms with Crippen LogP contribution in [-0.4, -0.2) is 34.0 Å². The van der Waals surface area contributed by atoms with Gasteiger partial charge in [0.1, 0.15) is 22.7 Å². The van der Waals surface area contributed by atoms with Gasteiger partial charge in [-0.2, -0.15) is 5.10 Å². The Morgan fingerprint density at radius 2 is 1.84 bits per heavy atom. The van der Waals surface area contributed by atoms with E-state index in [-0.39, 0.29) is 17.1 Å². The second-order valence-electron chi connectivity index (χ2n) is 8.38. The van der Waals surface area contributed by atoms with Crippen molar-refractivity contribution in [3.05, 3.63) is 98.7 Å². The lowest BCUT2D eigenvalue weighted by Crippen LogP contribution is -2.21. The minimum Gasteiger partial charge on any atom is -0.507 e. The summed E-state index contributed by atoms with van der Waals surface area (Å²) in [6, 6.07) is 21.3. The fourth-order valence-electron chi connectivity index (χ4n) is 4.13. The summed E-state index contributed by atoms with van der Waals surface area (Å²) in [4.78, 5) is 18.2. The molecule has 2 heterocycles. The number of thiazole rings is 1. The van der Waals surface area contributed by atoms with E-state index in [1.807, 2.05) is 41.8 Å². The number of fused-ring (bicyclic) bond motifs is 1. The zero-order valence-electron chi connectivity index (χ0n) is 20.8. The second kappa shape index (κ2) is 10.7. The number of para-hydroxylation sites is 3. The van der Waals surface area contributed by atoms with Gasteiger partial charge in [-0.25, -0.2) is 9.67 Å². The smallest absolute Gasteiger partial charge is 0.294 e. The molecule has 1 N–H and O–H groups in total. The zero-order valence-corrected chi connectivity index (χ0v) is 21.6. The third kappa shape index (κ3) is 4.94. The number of nitrogens with zero attached hydrogens (tertiary/aromatic N) is 5. The van der Waals surface area contributed by atoms with Gasteiger partial charge in [-0.1, -0.05) is 30.3 Å². The van der Waals surface area contributed by atoms with Crippen LogP contribution in [-0.2, 0) is 0 Å². The maximum Gasteiger partial charge on any atom is 0.294 e. The molecule has 0 saturated carbocycles. The average Bonchev–Trinajstić information content (AvgIpc) is 3.53. The third-order valence-corrected chi connectivity index (χ3v) is 6.93. The highest BCUT2D eigenvalue weighted by molar-refractivity contribution is 7.07. The predicted molar refractivity (Wildman–Crippen MR) is 150 cm³/mol. The standard InChI is InChI=1S/C28H25N5O4S/c1-3-31(4-2)21-14-13-20(25(34)16-21)17-29-32-24(27-15-19-9-5-8-12-26(19)37-27)18-38-28(32)30-22-10-6-7-11-23(22)33(35)36/h5-18,34H,3-4H2,1-2H3. The van der Waals surface area contributed by atoms with Crippen LogP contribution >= 0.6 is 11.3 Å². The number of phenols is 1. The topological polar surface area (TPSA) is 109 Å². The number of phenolic OH excluding ortho intramolecular Hbond substituents is 1. The van der Waals surface area contributed by atoms with E-state index < -0.39 is 4.92 Å². The van der Waals surface area contributed by atoms with E-state index in [0.29, 0.717) is 21.8 Å². The van der Waals surface area contributed by atoms with Crippen molar-refractivity contribution in [2.45, 2.75) is 13.8 Å². The van der Waals surface area contributed by atoms with Crippen molar-refractivity contribution in [1.29, 1.82) is 0 Å². The number of rotatable bonds is 8. The molecule has 0 saturated heterocycles. The van der Waals surface area contributed by atoms with Crippen molar-refractivity contribution in [3.8, 4) is 17.2 Å². The van der Waals surface area contributed by atoms with Gasteiger partial charge in [0, 0.05) is 47.2 Å². The highest BCUT2D eigenvalue weighted by Gasteiger charge is 2.16. The summed E-state index contributed by atoms with van der Waals surface area (Å²) in [5, 5.41) is 29.7. The van der Waals surface area contributed by atoms with E-state index in [4.69, 9.17) is 4.42 Å². The molecule has 3 aromatic carbocycles. The minimum absolute atomic E-state index is 0.0939. The molecule has 0 atom stereocenters. The lowest BCUT2D eigenvalue weighted by molar-refractivity contribution is -0.384. The fraction of sp³-hybridized carbons (Fsp3) is 0.143. The number of aromatic nitrogens is 1. The number of aromatic hydroxyl groups is 1. The first kappa shape index (κ1) is 25.0. The number of hydrogen-bond acceptors (Lipinski definition) is 8. The van der Waals surface area contributed by atoms with Gasteiger partial charge < -0.3 is 14.4 Å². The summed E-state index contributed by atoms with van der Waals surface area (Å²) in [5.74, 6) is 0.668. The molecule has 192 valence electrons.